The van der Waals surface area contributed by atoms with Crippen molar-refractivity contribution >= 4 is 0 Å². The Morgan fingerprint density at radius 3 is 1.90 bits per heavy atom. The van der Waals surface area contributed by atoms with Crippen molar-refractivity contribution in [3.05, 3.63) is 48.6 Å². The van der Waals surface area contributed by atoms with Crippen molar-refractivity contribution in [3.63, 3.8) is 0 Å². The second kappa shape index (κ2) is 12.6. The van der Waals surface area contributed by atoms with E-state index in [1.54, 1.807) is 13.8 Å². The Hall–Kier alpha value is -2.46. The highest BCUT2D eigenvalue weighted by Crippen LogP contribution is 1.98. The fraction of sp³-hybridized carbons (Fsp3) is 0.412. The molecule has 21 heavy (non-hydrogen) atoms. The van der Waals surface area contributed by atoms with Gasteiger partial charge in [0.1, 0.15) is 0 Å². The van der Waals surface area contributed by atoms with E-state index in [4.69, 9.17) is 10.5 Å². The molecule has 1 aromatic rings. The van der Waals surface area contributed by atoms with Crippen LogP contribution in [0.2, 0.25) is 0 Å². The van der Waals surface area contributed by atoms with Gasteiger partial charge in [-0.15, -0.1) is 6.58 Å². The zero-order valence-corrected chi connectivity index (χ0v) is 12.7. The summed E-state index contributed by atoms with van der Waals surface area (Å²) in [6.07, 6.45) is 2.89. The minimum absolute atomic E-state index is 0.0915. The number of hydrogen-bond acceptors (Lipinski definition) is 4. The molecule has 0 heterocycles. The molecule has 0 aliphatic rings. The zero-order chi connectivity index (χ0) is 15.9. The summed E-state index contributed by atoms with van der Waals surface area (Å²) in [5.74, 6) is -0.183. The lowest BCUT2D eigenvalue weighted by Gasteiger charge is -1.95. The van der Waals surface area contributed by atoms with Gasteiger partial charge in [0.25, 0.3) is 0 Å². The number of nitriles is 2. The van der Waals surface area contributed by atoms with Gasteiger partial charge < -0.3 is 0 Å². The van der Waals surface area contributed by atoms with Crippen LogP contribution in [0.4, 0.5) is 0 Å². The summed E-state index contributed by atoms with van der Waals surface area (Å²) in [5, 5.41) is 24.3. The van der Waals surface area contributed by atoms with E-state index in [2.05, 4.69) is 28.9 Å². The first kappa shape index (κ1) is 18.5. The van der Waals surface area contributed by atoms with Gasteiger partial charge in [0.2, 0.25) is 0 Å². The van der Waals surface area contributed by atoms with Crippen LogP contribution in [-0.2, 0) is 6.42 Å². The summed E-state index contributed by atoms with van der Waals surface area (Å²) in [7, 11) is 0. The third kappa shape index (κ3) is 11.1. The van der Waals surface area contributed by atoms with Crippen LogP contribution < -0.4 is 0 Å². The molecule has 0 aliphatic heterocycles. The second-order valence-corrected chi connectivity index (χ2v) is 4.69. The van der Waals surface area contributed by atoms with Gasteiger partial charge in [0, 0.05) is 0 Å². The van der Waals surface area contributed by atoms with Crippen LogP contribution in [0.25, 0.3) is 0 Å². The topological polar surface area (TPSA) is 72.3 Å². The Morgan fingerprint density at radius 2 is 1.52 bits per heavy atom. The number of benzene rings is 1. The Kier molecular flexibility index (Phi) is 11.1. The first-order chi connectivity index (χ1) is 10.1. The van der Waals surface area contributed by atoms with Crippen LogP contribution in [0.15, 0.2) is 53.2 Å². The van der Waals surface area contributed by atoms with E-state index in [1.807, 2.05) is 36.4 Å². The largest absolute Gasteiger partial charge is 0.198 e. The molecule has 110 valence electrons. The highest BCUT2D eigenvalue weighted by molar-refractivity contribution is 5.16. The molecule has 0 amide bonds. The molecular formula is C17H22N4. The monoisotopic (exact) mass is 282 g/mol. The van der Waals surface area contributed by atoms with Crippen LogP contribution in [-0.4, -0.2) is 13.1 Å². The molecule has 0 saturated carbocycles. The van der Waals surface area contributed by atoms with Crippen molar-refractivity contribution in [2.24, 2.45) is 22.1 Å². The first-order valence-corrected chi connectivity index (χ1v) is 6.91. The molecule has 0 N–H and O–H groups in total. The molecule has 2 unspecified atom stereocenters. The van der Waals surface area contributed by atoms with E-state index in [9.17, 15) is 0 Å². The summed E-state index contributed by atoms with van der Waals surface area (Å²) >= 11 is 0. The lowest BCUT2D eigenvalue weighted by atomic mass is 10.2. The number of allylic oxidation sites excluding steroid dienone is 1. The Bertz CT molecular complexity index is 470. The van der Waals surface area contributed by atoms with Crippen LogP contribution in [0.5, 0.6) is 0 Å². The van der Waals surface area contributed by atoms with E-state index in [-0.39, 0.29) is 11.8 Å². The van der Waals surface area contributed by atoms with E-state index < -0.39 is 0 Å². The quantitative estimate of drug-likeness (QED) is 0.580. The van der Waals surface area contributed by atoms with Crippen molar-refractivity contribution in [1.29, 1.82) is 10.5 Å². The normalized spacial score (nSPS) is 12.4. The molecule has 0 aromatic heterocycles. The summed E-state index contributed by atoms with van der Waals surface area (Å²) < 4.78 is 0. The zero-order valence-electron chi connectivity index (χ0n) is 12.7. The molecule has 0 aliphatic carbocycles. The maximum atomic E-state index is 8.39. The van der Waals surface area contributed by atoms with Gasteiger partial charge in [-0.3, -0.25) is 0 Å². The molecule has 1 aromatic carbocycles. The molecule has 0 bridgehead atoms. The third-order valence-corrected chi connectivity index (χ3v) is 2.47. The molecule has 0 fully saturated rings. The maximum absolute atomic E-state index is 8.39. The van der Waals surface area contributed by atoms with Gasteiger partial charge in [0.15, 0.2) is 0 Å². The van der Waals surface area contributed by atoms with Crippen molar-refractivity contribution in [2.45, 2.75) is 20.3 Å². The number of hydrogen-bond donors (Lipinski definition) is 0. The Labute approximate surface area is 127 Å². The molecule has 1 rings (SSSR count). The van der Waals surface area contributed by atoms with E-state index in [0.717, 1.165) is 6.42 Å². The summed E-state index contributed by atoms with van der Waals surface area (Å²) in [5.41, 5.74) is 1.33. The van der Waals surface area contributed by atoms with Crippen molar-refractivity contribution in [3.8, 4) is 12.1 Å². The summed E-state index contributed by atoms with van der Waals surface area (Å²) in [6, 6.07) is 14.4. The predicted octanol–water partition coefficient (Wildman–Crippen LogP) is 4.17. The van der Waals surface area contributed by atoms with Gasteiger partial charge in [-0.05, 0) is 25.8 Å². The SMILES string of the molecule is C=CCc1ccccc1.CC(C#N)CN=NCC(C)C#N. The molecule has 0 saturated heterocycles. The number of rotatable bonds is 6. The molecule has 4 nitrogen and oxygen atoms in total. The maximum Gasteiger partial charge on any atom is 0.0754 e. The first-order valence-electron chi connectivity index (χ1n) is 6.91. The van der Waals surface area contributed by atoms with Crippen LogP contribution in [0.1, 0.15) is 19.4 Å². The lowest BCUT2D eigenvalue weighted by Crippen LogP contribution is -1.96. The van der Waals surface area contributed by atoms with Gasteiger partial charge in [-0.1, -0.05) is 36.4 Å². The van der Waals surface area contributed by atoms with E-state index in [0.29, 0.717) is 13.1 Å². The molecular weight excluding hydrogens is 260 g/mol. The highest BCUT2D eigenvalue weighted by Gasteiger charge is 1.97. The Balaban J connectivity index is 0.000000394. The highest BCUT2D eigenvalue weighted by atomic mass is 15.1. The van der Waals surface area contributed by atoms with Gasteiger partial charge >= 0.3 is 0 Å². The third-order valence-electron chi connectivity index (χ3n) is 2.47. The summed E-state index contributed by atoms with van der Waals surface area (Å²) in [4.78, 5) is 0. The Morgan fingerprint density at radius 1 is 1.05 bits per heavy atom. The smallest absolute Gasteiger partial charge is 0.0754 e. The van der Waals surface area contributed by atoms with Crippen LogP contribution in [0, 0.1) is 34.5 Å². The van der Waals surface area contributed by atoms with Crippen molar-refractivity contribution < 1.29 is 0 Å². The van der Waals surface area contributed by atoms with E-state index in [1.165, 1.54) is 5.56 Å². The lowest BCUT2D eigenvalue weighted by molar-refractivity contribution is 0.667. The van der Waals surface area contributed by atoms with Crippen molar-refractivity contribution in [1.82, 2.24) is 0 Å². The second-order valence-electron chi connectivity index (χ2n) is 4.69. The van der Waals surface area contributed by atoms with Crippen molar-refractivity contribution in [2.75, 3.05) is 13.1 Å². The summed E-state index contributed by atoms with van der Waals surface area (Å²) in [6.45, 7) is 8.08. The standard InChI is InChI=1S/C9H10.C8H12N4/c1-2-6-9-7-4-3-5-8-9;1-7(3-9)5-11-12-6-8(2)4-10/h2-5,7-8H,1,6H2;7-8H,5-6H2,1-2H3. The average molecular weight is 282 g/mol. The molecule has 4 heteroatoms. The number of nitrogens with zero attached hydrogens (tertiary/aromatic N) is 4. The van der Waals surface area contributed by atoms with Gasteiger partial charge in [-0.2, -0.15) is 20.8 Å². The fourth-order valence-corrected chi connectivity index (χ4v) is 1.22. The predicted molar refractivity (Wildman–Crippen MR) is 84.5 cm³/mol. The van der Waals surface area contributed by atoms with Crippen LogP contribution >= 0.6 is 0 Å². The van der Waals surface area contributed by atoms with E-state index >= 15 is 0 Å². The average Bonchev–Trinajstić information content (AvgIpc) is 2.53. The molecule has 0 spiro atoms. The molecule has 2 atom stereocenters. The van der Waals surface area contributed by atoms with Crippen LogP contribution in [0.3, 0.4) is 0 Å². The van der Waals surface area contributed by atoms with Gasteiger partial charge in [0.05, 0.1) is 37.1 Å². The van der Waals surface area contributed by atoms with Gasteiger partial charge in [-0.25, -0.2) is 0 Å². The molecule has 0 radical (unpaired) electrons. The fourth-order valence-electron chi connectivity index (χ4n) is 1.22. The minimum Gasteiger partial charge on any atom is -0.198 e. The number of azo groups is 1. The minimum atomic E-state index is -0.0915.